The van der Waals surface area contributed by atoms with E-state index in [0.717, 1.165) is 5.56 Å². The van der Waals surface area contributed by atoms with Crippen LogP contribution in [0.3, 0.4) is 0 Å². The maximum atomic E-state index is 11.3. The van der Waals surface area contributed by atoms with E-state index in [1.165, 1.54) is 0 Å². The van der Waals surface area contributed by atoms with Crippen LogP contribution in [0.5, 0.6) is 0 Å². The van der Waals surface area contributed by atoms with Crippen LogP contribution in [-0.4, -0.2) is 11.1 Å². The number of aryl methyl sites for hydroxylation is 1. The maximum Gasteiger partial charge on any atom is 0.173 e. The predicted molar refractivity (Wildman–Crippen MR) is 58.1 cm³/mol. The van der Waals surface area contributed by atoms with Gasteiger partial charge in [-0.1, -0.05) is 15.9 Å². The zero-order valence-electron chi connectivity index (χ0n) is 7.30. The molecular weight excluding hydrogens is 232 g/mol. The van der Waals surface area contributed by atoms with E-state index in [1.807, 2.05) is 6.92 Å². The van der Waals surface area contributed by atoms with E-state index in [1.54, 1.807) is 12.1 Å². The minimum atomic E-state index is 0.00907. The number of rotatable bonds is 2. The van der Waals surface area contributed by atoms with Crippen LogP contribution in [0.4, 0.5) is 11.4 Å². The van der Waals surface area contributed by atoms with Gasteiger partial charge in [-0.25, -0.2) is 0 Å². The molecule has 0 spiro atoms. The van der Waals surface area contributed by atoms with Crippen molar-refractivity contribution < 1.29 is 4.79 Å². The van der Waals surface area contributed by atoms with Gasteiger partial charge in [-0.3, -0.25) is 4.79 Å². The maximum absolute atomic E-state index is 11.3. The molecule has 0 heterocycles. The largest absolute Gasteiger partial charge is 0.397 e. The molecule has 0 fully saturated rings. The predicted octanol–water partition coefficient (Wildman–Crippen LogP) is 1.74. The molecule has 1 aromatic rings. The van der Waals surface area contributed by atoms with E-state index in [-0.39, 0.29) is 5.78 Å². The molecule has 0 aliphatic heterocycles. The van der Waals surface area contributed by atoms with Gasteiger partial charge in [0, 0.05) is 5.56 Å². The summed E-state index contributed by atoms with van der Waals surface area (Å²) >= 11 is 3.10. The van der Waals surface area contributed by atoms with Gasteiger partial charge in [0.15, 0.2) is 5.78 Å². The zero-order chi connectivity index (χ0) is 10.0. The van der Waals surface area contributed by atoms with Crippen molar-refractivity contribution in [2.75, 3.05) is 16.8 Å². The van der Waals surface area contributed by atoms with Gasteiger partial charge in [-0.2, -0.15) is 0 Å². The molecule has 1 aromatic carbocycles. The van der Waals surface area contributed by atoms with Crippen LogP contribution in [0.15, 0.2) is 12.1 Å². The Morgan fingerprint density at radius 3 is 2.54 bits per heavy atom. The molecule has 0 amide bonds. The molecule has 3 nitrogen and oxygen atoms in total. The smallest absolute Gasteiger partial charge is 0.173 e. The van der Waals surface area contributed by atoms with Crippen molar-refractivity contribution in [3.63, 3.8) is 0 Å². The lowest BCUT2D eigenvalue weighted by molar-refractivity contribution is 0.102. The second-order valence-corrected chi connectivity index (χ2v) is 3.41. The van der Waals surface area contributed by atoms with Crippen molar-refractivity contribution in [3.05, 3.63) is 23.3 Å². The van der Waals surface area contributed by atoms with Crippen LogP contribution in [0.25, 0.3) is 0 Å². The van der Waals surface area contributed by atoms with E-state index in [2.05, 4.69) is 15.9 Å². The van der Waals surface area contributed by atoms with Crippen molar-refractivity contribution in [3.8, 4) is 0 Å². The summed E-state index contributed by atoms with van der Waals surface area (Å²) < 4.78 is 0. The Balaban J connectivity index is 3.20. The SMILES string of the molecule is Cc1cc(C(=O)CBr)cc(N)c1N. The molecule has 0 saturated carbocycles. The summed E-state index contributed by atoms with van der Waals surface area (Å²) in [5, 5.41) is 0.301. The molecule has 70 valence electrons. The molecule has 13 heavy (non-hydrogen) atoms. The van der Waals surface area contributed by atoms with Gasteiger partial charge in [-0.15, -0.1) is 0 Å². The first-order chi connectivity index (χ1) is 6.06. The van der Waals surface area contributed by atoms with Crippen molar-refractivity contribution in [2.24, 2.45) is 0 Å². The van der Waals surface area contributed by atoms with E-state index >= 15 is 0 Å². The molecule has 0 bridgehead atoms. The first kappa shape index (κ1) is 10.1. The van der Waals surface area contributed by atoms with E-state index in [4.69, 9.17) is 11.5 Å². The van der Waals surface area contributed by atoms with Crippen molar-refractivity contribution in [1.82, 2.24) is 0 Å². The Morgan fingerprint density at radius 2 is 2.08 bits per heavy atom. The molecule has 4 heteroatoms. The van der Waals surface area contributed by atoms with Crippen LogP contribution in [-0.2, 0) is 0 Å². The number of alkyl halides is 1. The highest BCUT2D eigenvalue weighted by molar-refractivity contribution is 9.09. The average Bonchev–Trinajstić information content (AvgIpc) is 2.12. The highest BCUT2D eigenvalue weighted by Crippen LogP contribution is 2.21. The fourth-order valence-corrected chi connectivity index (χ4v) is 1.39. The summed E-state index contributed by atoms with van der Waals surface area (Å²) in [7, 11) is 0. The number of hydrogen-bond donors (Lipinski definition) is 2. The van der Waals surface area contributed by atoms with Crippen molar-refractivity contribution in [2.45, 2.75) is 6.92 Å². The summed E-state index contributed by atoms with van der Waals surface area (Å²) in [5.41, 5.74) is 13.7. The number of carbonyl (C=O) groups excluding carboxylic acids is 1. The number of carbonyl (C=O) groups is 1. The first-order valence-electron chi connectivity index (χ1n) is 3.81. The Bertz CT molecular complexity index is 326. The van der Waals surface area contributed by atoms with E-state index < -0.39 is 0 Å². The molecule has 0 aromatic heterocycles. The Labute approximate surface area is 85.2 Å². The van der Waals surface area contributed by atoms with Gasteiger partial charge in [-0.05, 0) is 24.6 Å². The number of halogens is 1. The van der Waals surface area contributed by atoms with Crippen molar-refractivity contribution in [1.29, 1.82) is 0 Å². The normalized spacial score (nSPS) is 10.0. The van der Waals surface area contributed by atoms with E-state index in [9.17, 15) is 4.79 Å². The number of anilines is 2. The fourth-order valence-electron chi connectivity index (χ4n) is 1.06. The quantitative estimate of drug-likeness (QED) is 0.472. The standard InChI is InChI=1S/C9H11BrN2O/c1-5-2-6(8(13)4-10)3-7(11)9(5)12/h2-3H,4,11-12H2,1H3. The molecule has 0 aliphatic rings. The summed E-state index contributed by atoms with van der Waals surface area (Å²) in [6.07, 6.45) is 0. The lowest BCUT2D eigenvalue weighted by Gasteiger charge is -2.06. The third kappa shape index (κ3) is 2.01. The molecule has 4 N–H and O–H groups in total. The van der Waals surface area contributed by atoms with E-state index in [0.29, 0.717) is 22.3 Å². The lowest BCUT2D eigenvalue weighted by Crippen LogP contribution is -2.04. The summed E-state index contributed by atoms with van der Waals surface area (Å²) in [6.45, 7) is 1.83. The Kier molecular flexibility index (Phi) is 2.93. The third-order valence-corrected chi connectivity index (χ3v) is 2.37. The van der Waals surface area contributed by atoms with Gasteiger partial charge in [0.1, 0.15) is 0 Å². The van der Waals surface area contributed by atoms with Crippen LogP contribution in [0, 0.1) is 6.92 Å². The molecule has 1 rings (SSSR count). The monoisotopic (exact) mass is 242 g/mol. The number of nitrogen functional groups attached to an aromatic ring is 2. The lowest BCUT2D eigenvalue weighted by atomic mass is 10.1. The fraction of sp³-hybridized carbons (Fsp3) is 0.222. The Morgan fingerprint density at radius 1 is 1.46 bits per heavy atom. The molecule has 0 atom stereocenters. The topological polar surface area (TPSA) is 69.1 Å². The van der Waals surface area contributed by atoms with Gasteiger partial charge in [0.25, 0.3) is 0 Å². The zero-order valence-corrected chi connectivity index (χ0v) is 8.89. The van der Waals surface area contributed by atoms with Gasteiger partial charge >= 0.3 is 0 Å². The molecule has 0 saturated heterocycles. The number of nitrogens with two attached hydrogens (primary N) is 2. The third-order valence-electron chi connectivity index (χ3n) is 1.86. The minimum absolute atomic E-state index is 0.00907. The minimum Gasteiger partial charge on any atom is -0.397 e. The highest BCUT2D eigenvalue weighted by atomic mass is 79.9. The number of Topliss-reactive ketones (excluding diaryl/α,β-unsaturated/α-hetero) is 1. The molecule has 0 unspecified atom stereocenters. The number of ketones is 1. The number of hydrogen-bond acceptors (Lipinski definition) is 3. The average molecular weight is 243 g/mol. The first-order valence-corrected chi connectivity index (χ1v) is 4.93. The summed E-state index contributed by atoms with van der Waals surface area (Å²) in [6, 6.07) is 3.35. The second kappa shape index (κ2) is 3.79. The van der Waals surface area contributed by atoms with Crippen LogP contribution in [0.1, 0.15) is 15.9 Å². The second-order valence-electron chi connectivity index (χ2n) is 2.85. The van der Waals surface area contributed by atoms with Crippen LogP contribution in [0.2, 0.25) is 0 Å². The summed E-state index contributed by atoms with van der Waals surface area (Å²) in [5.74, 6) is 0.00907. The molecular formula is C9H11BrN2O. The highest BCUT2D eigenvalue weighted by Gasteiger charge is 2.07. The number of benzene rings is 1. The van der Waals surface area contributed by atoms with Crippen LogP contribution < -0.4 is 11.5 Å². The Hall–Kier alpha value is -1.03. The van der Waals surface area contributed by atoms with Gasteiger partial charge in [0.2, 0.25) is 0 Å². The van der Waals surface area contributed by atoms with Crippen LogP contribution >= 0.6 is 15.9 Å². The summed E-state index contributed by atoms with van der Waals surface area (Å²) in [4.78, 5) is 11.3. The van der Waals surface area contributed by atoms with Gasteiger partial charge < -0.3 is 11.5 Å². The van der Waals surface area contributed by atoms with Crippen molar-refractivity contribution >= 4 is 33.1 Å². The molecule has 0 aliphatic carbocycles. The molecule has 0 radical (unpaired) electrons. The van der Waals surface area contributed by atoms with Gasteiger partial charge in [0.05, 0.1) is 16.7 Å².